The van der Waals surface area contributed by atoms with Crippen LogP contribution in [-0.2, 0) is 13.1 Å². The average Bonchev–Trinajstić information content (AvgIpc) is 3.38. The normalized spacial score (nSPS) is 14.0. The lowest BCUT2D eigenvalue weighted by Gasteiger charge is -2.26. The molecular weight excluding hydrogens is 360 g/mol. The van der Waals surface area contributed by atoms with Crippen LogP contribution in [0.2, 0.25) is 0 Å². The summed E-state index contributed by atoms with van der Waals surface area (Å²) in [6.45, 7) is 7.76. The van der Waals surface area contributed by atoms with Crippen LogP contribution in [-0.4, -0.2) is 36.3 Å². The minimum atomic E-state index is -0.468. The lowest BCUT2D eigenvalue weighted by atomic mass is 10.1. The van der Waals surface area contributed by atoms with Gasteiger partial charge in [0.05, 0.1) is 12.6 Å². The smallest absolute Gasteiger partial charge is 0.330 e. The van der Waals surface area contributed by atoms with Crippen molar-refractivity contribution in [2.75, 3.05) is 17.2 Å². The van der Waals surface area contributed by atoms with Gasteiger partial charge in [-0.15, -0.1) is 5.10 Å². The fourth-order valence-corrected chi connectivity index (χ4v) is 3.19. The summed E-state index contributed by atoms with van der Waals surface area (Å²) in [5.41, 5.74) is 5.70. The standard InChI is InChI=1S/C18H30N8O2/c1-4-5-9-25-16(19)15(17(27)20-18(25)28)24(10-8-12(2)3)11-14-21-22-23-26(14)13-6-7-13/h12-13H,4-11,19H2,1-3H3,(H,20,27,28). The Morgan fingerprint density at radius 1 is 1.32 bits per heavy atom. The second kappa shape index (κ2) is 8.57. The van der Waals surface area contributed by atoms with Gasteiger partial charge >= 0.3 is 5.69 Å². The Labute approximate surface area is 163 Å². The van der Waals surface area contributed by atoms with Gasteiger partial charge in [-0.2, -0.15) is 0 Å². The molecule has 0 bridgehead atoms. The second-order valence-electron chi connectivity index (χ2n) is 7.87. The monoisotopic (exact) mass is 390 g/mol. The molecule has 0 spiro atoms. The number of nitrogens with two attached hydrogens (primary N) is 1. The van der Waals surface area contributed by atoms with Crippen molar-refractivity contribution in [2.24, 2.45) is 5.92 Å². The van der Waals surface area contributed by atoms with Gasteiger partial charge in [-0.3, -0.25) is 14.3 Å². The second-order valence-corrected chi connectivity index (χ2v) is 7.87. The lowest BCUT2D eigenvalue weighted by Crippen LogP contribution is -2.39. The molecule has 10 nitrogen and oxygen atoms in total. The van der Waals surface area contributed by atoms with E-state index in [1.165, 1.54) is 4.57 Å². The number of aromatic amines is 1. The Morgan fingerprint density at radius 3 is 2.71 bits per heavy atom. The van der Waals surface area contributed by atoms with Crippen LogP contribution in [0.25, 0.3) is 0 Å². The summed E-state index contributed by atoms with van der Waals surface area (Å²) in [5, 5.41) is 12.1. The Bertz CT molecular complexity index is 909. The first kappa shape index (κ1) is 20.1. The summed E-state index contributed by atoms with van der Waals surface area (Å²) in [7, 11) is 0. The zero-order valence-electron chi connectivity index (χ0n) is 16.9. The Balaban J connectivity index is 1.98. The third-order valence-corrected chi connectivity index (χ3v) is 5.03. The predicted octanol–water partition coefficient (Wildman–Crippen LogP) is 1.29. The number of hydrogen-bond donors (Lipinski definition) is 2. The molecule has 0 atom stereocenters. The third-order valence-electron chi connectivity index (χ3n) is 5.03. The van der Waals surface area contributed by atoms with E-state index < -0.39 is 11.2 Å². The molecule has 0 aliphatic heterocycles. The van der Waals surface area contributed by atoms with Crippen molar-refractivity contribution in [3.8, 4) is 0 Å². The summed E-state index contributed by atoms with van der Waals surface area (Å²) < 4.78 is 3.28. The van der Waals surface area contributed by atoms with E-state index >= 15 is 0 Å². The number of anilines is 2. The Hall–Kier alpha value is -2.65. The summed E-state index contributed by atoms with van der Waals surface area (Å²) >= 11 is 0. The van der Waals surface area contributed by atoms with Gasteiger partial charge < -0.3 is 10.6 Å². The third kappa shape index (κ3) is 4.42. The molecule has 1 fully saturated rings. The average molecular weight is 390 g/mol. The van der Waals surface area contributed by atoms with Gasteiger partial charge in [0.2, 0.25) is 0 Å². The molecule has 154 valence electrons. The van der Waals surface area contributed by atoms with Crippen molar-refractivity contribution in [3.63, 3.8) is 0 Å². The molecule has 0 radical (unpaired) electrons. The molecule has 1 aliphatic rings. The quantitative estimate of drug-likeness (QED) is 0.625. The molecule has 3 N–H and O–H groups in total. The van der Waals surface area contributed by atoms with Crippen molar-refractivity contribution < 1.29 is 0 Å². The van der Waals surface area contributed by atoms with Crippen LogP contribution in [0.3, 0.4) is 0 Å². The van der Waals surface area contributed by atoms with E-state index in [0.29, 0.717) is 43.1 Å². The Morgan fingerprint density at radius 2 is 2.07 bits per heavy atom. The number of nitrogens with zero attached hydrogens (tertiary/aromatic N) is 6. The van der Waals surface area contributed by atoms with E-state index in [2.05, 4.69) is 34.4 Å². The minimum absolute atomic E-state index is 0.205. The van der Waals surface area contributed by atoms with Crippen molar-refractivity contribution in [3.05, 3.63) is 26.7 Å². The maximum atomic E-state index is 12.7. The first-order valence-corrected chi connectivity index (χ1v) is 10.1. The van der Waals surface area contributed by atoms with Crippen molar-refractivity contribution >= 4 is 11.5 Å². The predicted molar refractivity (Wildman–Crippen MR) is 107 cm³/mol. The molecule has 0 unspecified atom stereocenters. The maximum absolute atomic E-state index is 12.7. The van der Waals surface area contributed by atoms with Crippen LogP contribution in [0.4, 0.5) is 11.5 Å². The van der Waals surface area contributed by atoms with Gasteiger partial charge in [0.25, 0.3) is 5.56 Å². The number of nitrogens with one attached hydrogen (secondary N) is 1. The van der Waals surface area contributed by atoms with Crippen LogP contribution < -0.4 is 21.9 Å². The molecule has 10 heteroatoms. The highest BCUT2D eigenvalue weighted by Gasteiger charge is 2.29. The Kier molecular flexibility index (Phi) is 6.15. The summed E-state index contributed by atoms with van der Waals surface area (Å²) in [6, 6.07) is 0.339. The zero-order valence-corrected chi connectivity index (χ0v) is 16.9. The molecular formula is C18H30N8O2. The van der Waals surface area contributed by atoms with Crippen LogP contribution >= 0.6 is 0 Å². The molecule has 0 aromatic carbocycles. The fraction of sp³-hybridized carbons (Fsp3) is 0.722. The molecule has 0 saturated heterocycles. The number of aromatic nitrogens is 6. The number of H-pyrrole nitrogens is 1. The van der Waals surface area contributed by atoms with Gasteiger partial charge in [0, 0.05) is 13.1 Å². The number of rotatable bonds is 10. The highest BCUT2D eigenvalue weighted by atomic mass is 16.2. The maximum Gasteiger partial charge on any atom is 0.330 e. The number of unbranched alkanes of at least 4 members (excludes halogenated alkanes) is 1. The minimum Gasteiger partial charge on any atom is -0.383 e. The first-order chi connectivity index (χ1) is 13.4. The number of tetrazole rings is 1. The molecule has 2 heterocycles. The van der Waals surface area contributed by atoms with Gasteiger partial charge in [0.1, 0.15) is 11.5 Å². The van der Waals surface area contributed by atoms with Crippen LogP contribution in [0, 0.1) is 5.92 Å². The molecule has 2 aromatic rings. The fourth-order valence-electron chi connectivity index (χ4n) is 3.19. The van der Waals surface area contributed by atoms with Gasteiger partial charge in [0.15, 0.2) is 5.82 Å². The van der Waals surface area contributed by atoms with E-state index in [-0.39, 0.29) is 5.82 Å². The van der Waals surface area contributed by atoms with Crippen LogP contribution in [0.1, 0.15) is 64.7 Å². The molecule has 2 aromatic heterocycles. The summed E-state index contributed by atoms with van der Waals surface area (Å²) in [5.74, 6) is 1.36. The van der Waals surface area contributed by atoms with E-state index in [1.807, 2.05) is 16.5 Å². The first-order valence-electron chi connectivity index (χ1n) is 10.1. The van der Waals surface area contributed by atoms with Gasteiger partial charge in [-0.05, 0) is 42.0 Å². The largest absolute Gasteiger partial charge is 0.383 e. The van der Waals surface area contributed by atoms with Crippen molar-refractivity contribution in [1.82, 2.24) is 29.8 Å². The van der Waals surface area contributed by atoms with Crippen LogP contribution in [0.5, 0.6) is 0 Å². The molecule has 28 heavy (non-hydrogen) atoms. The SMILES string of the molecule is CCCCn1c(N)c(N(CCC(C)C)Cc2nnnn2C2CC2)c(=O)[nH]c1=O. The van der Waals surface area contributed by atoms with E-state index in [0.717, 1.165) is 32.1 Å². The highest BCUT2D eigenvalue weighted by molar-refractivity contribution is 5.62. The molecule has 1 aliphatic carbocycles. The zero-order chi connectivity index (χ0) is 20.3. The van der Waals surface area contributed by atoms with E-state index in [9.17, 15) is 9.59 Å². The van der Waals surface area contributed by atoms with E-state index in [1.54, 1.807) is 0 Å². The number of nitrogen functional groups attached to an aromatic ring is 1. The molecule has 1 saturated carbocycles. The topological polar surface area (TPSA) is 128 Å². The lowest BCUT2D eigenvalue weighted by molar-refractivity contribution is 0.542. The molecule has 3 rings (SSSR count). The summed E-state index contributed by atoms with van der Waals surface area (Å²) in [4.78, 5) is 29.3. The van der Waals surface area contributed by atoms with E-state index in [4.69, 9.17) is 5.73 Å². The van der Waals surface area contributed by atoms with Gasteiger partial charge in [-0.1, -0.05) is 27.2 Å². The van der Waals surface area contributed by atoms with Gasteiger partial charge in [-0.25, -0.2) is 9.48 Å². The van der Waals surface area contributed by atoms with Crippen molar-refractivity contribution in [1.29, 1.82) is 0 Å². The molecule has 0 amide bonds. The van der Waals surface area contributed by atoms with Crippen molar-refractivity contribution in [2.45, 2.75) is 72.0 Å². The highest BCUT2D eigenvalue weighted by Crippen LogP contribution is 2.34. The number of hydrogen-bond acceptors (Lipinski definition) is 7. The summed E-state index contributed by atoms with van der Waals surface area (Å²) in [6.07, 6.45) is 4.73. The van der Waals surface area contributed by atoms with Crippen LogP contribution in [0.15, 0.2) is 9.59 Å².